The first-order valence-electron chi connectivity index (χ1n) is 25.1. The van der Waals surface area contributed by atoms with Gasteiger partial charge >= 0.3 is 0 Å². The lowest BCUT2D eigenvalue weighted by atomic mass is 9.98. The first-order valence-corrected chi connectivity index (χ1v) is 22.5. The molecular weight excluding hydrogens is 841 g/mol. The van der Waals surface area contributed by atoms with Crippen LogP contribution in [0.15, 0.2) is 211 Å². The predicted molar refractivity (Wildman–Crippen MR) is 275 cm³/mol. The van der Waals surface area contributed by atoms with Gasteiger partial charge < -0.3 is 8.98 Å². The van der Waals surface area contributed by atoms with Gasteiger partial charge in [0.25, 0.3) is 0 Å². The van der Waals surface area contributed by atoms with Crippen LogP contribution in [0.2, 0.25) is 0 Å². The fourth-order valence-corrected chi connectivity index (χ4v) is 10.7. The zero-order chi connectivity index (χ0) is 50.1. The lowest BCUT2D eigenvalue weighted by Gasteiger charge is -2.15. The molecule has 312 valence electrons. The van der Waals surface area contributed by atoms with Gasteiger partial charge in [0.05, 0.1) is 37.3 Å². The van der Waals surface area contributed by atoms with Gasteiger partial charge in [0.2, 0.25) is 0 Å². The Hall–Kier alpha value is -8.85. The summed E-state index contributed by atoms with van der Waals surface area (Å²) in [6.07, 6.45) is 3.25. The van der Waals surface area contributed by atoms with Crippen molar-refractivity contribution in [1.29, 1.82) is 0 Å². The van der Waals surface area contributed by atoms with Gasteiger partial charge in [-0.25, -0.2) is 15.0 Å². The molecule has 5 aromatic heterocycles. The van der Waals surface area contributed by atoms with Crippen molar-refractivity contribution in [2.24, 2.45) is 0 Å². The predicted octanol–water partition coefficient (Wildman–Crippen LogP) is 15.5. The molecule has 67 heavy (non-hydrogen) atoms. The molecule has 0 spiro atoms. The number of hydrogen-bond acceptors (Lipinski definition) is 7. The zero-order valence-electron chi connectivity index (χ0n) is 42.1. The van der Waals surface area contributed by atoms with Crippen molar-refractivity contribution in [2.75, 3.05) is 0 Å². The molecule has 0 N–H and O–H groups in total. The van der Waals surface area contributed by atoms with Crippen LogP contribution >= 0.6 is 11.3 Å². The number of rotatable bonds is 6. The Bertz CT molecular complexity index is 4740. The number of para-hydroxylation sites is 6. The minimum atomic E-state index is -0.478. The van der Waals surface area contributed by atoms with E-state index < -0.39 is 12.1 Å². The highest BCUT2D eigenvalue weighted by atomic mass is 32.1. The van der Waals surface area contributed by atoms with E-state index in [0.29, 0.717) is 45.1 Å². The third kappa shape index (κ3) is 5.93. The molecule has 0 saturated heterocycles. The Morgan fingerprint density at radius 2 is 1.15 bits per heavy atom. The van der Waals surface area contributed by atoms with Crippen LogP contribution in [0.5, 0.6) is 0 Å². The standard InChI is InChI=1S/C59H34N6OS/c1-5-25-49-40(15-1)41-16-2-6-26-50(41)65(49)51-27-7-3-18-45(51)58-62-57(63-59(64-58)46-23-12-24-48-54(46)61-32-31-60-48)37-14-9-13-35(33-37)39-20-11-22-44-47-34-36(29-30-53(47)67-56(39)44)38-19-10-21-43-42-17-4-8-28-52(42)66-55(38)43/h1-34H/i1D,2D,5D,15D,16D,25D,26D. The fourth-order valence-electron chi connectivity index (χ4n) is 9.48. The van der Waals surface area contributed by atoms with Gasteiger partial charge in [-0.3, -0.25) is 9.97 Å². The lowest BCUT2D eigenvalue weighted by molar-refractivity contribution is 0.670. The molecule has 5 heterocycles. The average molecular weight is 882 g/mol. The topological polar surface area (TPSA) is 82.5 Å². The summed E-state index contributed by atoms with van der Waals surface area (Å²) in [7, 11) is 0. The van der Waals surface area contributed by atoms with E-state index in [2.05, 4.69) is 77.8 Å². The molecule has 0 atom stereocenters. The molecule has 0 amide bonds. The number of furan rings is 1. The van der Waals surface area contributed by atoms with Crippen molar-refractivity contribution >= 4 is 86.3 Å². The summed E-state index contributed by atoms with van der Waals surface area (Å²) in [5.41, 5.74) is 9.44. The molecule has 0 bridgehead atoms. The molecule has 8 heteroatoms. The molecule has 7 nitrogen and oxygen atoms in total. The van der Waals surface area contributed by atoms with E-state index in [1.807, 2.05) is 60.7 Å². The number of fused-ring (bicyclic) bond motifs is 10. The van der Waals surface area contributed by atoms with Crippen molar-refractivity contribution in [3.8, 4) is 62.1 Å². The van der Waals surface area contributed by atoms with Gasteiger partial charge in [-0.1, -0.05) is 133 Å². The van der Waals surface area contributed by atoms with E-state index in [1.165, 1.54) is 6.07 Å². The summed E-state index contributed by atoms with van der Waals surface area (Å²) in [6.45, 7) is 0. The first-order chi connectivity index (χ1) is 36.1. The number of thiophene rings is 1. The number of aromatic nitrogens is 6. The van der Waals surface area contributed by atoms with Crippen LogP contribution in [0, 0.1) is 0 Å². The third-order valence-corrected chi connectivity index (χ3v) is 13.7. The smallest absolute Gasteiger partial charge is 0.166 e. The number of nitrogens with zero attached hydrogens (tertiary/aromatic N) is 6. The van der Waals surface area contributed by atoms with E-state index in [4.69, 9.17) is 31.2 Å². The van der Waals surface area contributed by atoms with Gasteiger partial charge in [0.15, 0.2) is 17.5 Å². The molecule has 0 fully saturated rings. The van der Waals surface area contributed by atoms with Crippen molar-refractivity contribution in [3.63, 3.8) is 0 Å². The van der Waals surface area contributed by atoms with Crippen molar-refractivity contribution < 1.29 is 14.0 Å². The van der Waals surface area contributed by atoms with E-state index >= 15 is 0 Å². The largest absolute Gasteiger partial charge is 0.455 e. The fraction of sp³-hybridized carbons (Fsp3) is 0. The monoisotopic (exact) mass is 881 g/mol. The summed E-state index contributed by atoms with van der Waals surface area (Å²) in [4.78, 5) is 24.7. The Balaban J connectivity index is 0.957. The number of benzene rings is 9. The van der Waals surface area contributed by atoms with E-state index in [1.54, 1.807) is 40.4 Å². The van der Waals surface area contributed by atoms with Crippen LogP contribution in [0.3, 0.4) is 0 Å². The molecule has 0 radical (unpaired) electrons. The van der Waals surface area contributed by atoms with E-state index in [-0.39, 0.29) is 57.8 Å². The minimum Gasteiger partial charge on any atom is -0.455 e. The molecule has 0 saturated carbocycles. The SMILES string of the molecule is [2H]c1cc([2H])c2c(c1[2H])c1c([2H])c([2H])c([2H])c([2H])c1n2-c1ccccc1-c1nc(-c2cccc(-c3cccc4c3sc3ccc(-c5cccc6c5oc5ccccc56)cc34)c2)nc(-c2cccc3nccnc23)n1. The highest BCUT2D eigenvalue weighted by Crippen LogP contribution is 2.44. The van der Waals surface area contributed by atoms with Gasteiger partial charge in [-0.05, 0) is 77.3 Å². The molecule has 0 unspecified atom stereocenters. The van der Waals surface area contributed by atoms with Crippen LogP contribution < -0.4 is 0 Å². The molecule has 14 aromatic rings. The average Bonchev–Trinajstić information content (AvgIpc) is 4.19. The molecule has 0 aliphatic rings. The normalized spacial score (nSPS) is 13.3. The highest BCUT2D eigenvalue weighted by Gasteiger charge is 2.21. The van der Waals surface area contributed by atoms with E-state index in [9.17, 15) is 2.74 Å². The van der Waals surface area contributed by atoms with Crippen LogP contribution in [0.4, 0.5) is 0 Å². The van der Waals surface area contributed by atoms with Crippen molar-refractivity contribution in [1.82, 2.24) is 29.5 Å². The second-order valence-electron chi connectivity index (χ2n) is 16.3. The summed E-state index contributed by atoms with van der Waals surface area (Å²) >= 11 is 1.74. The van der Waals surface area contributed by atoms with Crippen molar-refractivity contribution in [3.05, 3.63) is 206 Å². The number of hydrogen-bond donors (Lipinski definition) is 0. The molecule has 14 rings (SSSR count). The first kappa shape index (κ1) is 31.1. The lowest BCUT2D eigenvalue weighted by Crippen LogP contribution is -2.04. The Kier molecular flexibility index (Phi) is 6.89. The Labute approximate surface area is 396 Å². The quantitative estimate of drug-likeness (QED) is 0.165. The van der Waals surface area contributed by atoms with Crippen LogP contribution in [0.1, 0.15) is 9.60 Å². The third-order valence-electron chi connectivity index (χ3n) is 12.5. The highest BCUT2D eigenvalue weighted by molar-refractivity contribution is 7.26. The van der Waals surface area contributed by atoms with Gasteiger partial charge in [0.1, 0.15) is 11.2 Å². The van der Waals surface area contributed by atoms with Crippen LogP contribution in [-0.2, 0) is 0 Å². The molecular formula is C59H34N6OS. The molecule has 0 aliphatic heterocycles. The second-order valence-corrected chi connectivity index (χ2v) is 17.3. The van der Waals surface area contributed by atoms with Gasteiger partial charge in [0, 0.05) is 76.4 Å². The second kappa shape index (κ2) is 14.9. The van der Waals surface area contributed by atoms with Crippen LogP contribution in [0.25, 0.3) is 137 Å². The van der Waals surface area contributed by atoms with Crippen molar-refractivity contribution in [2.45, 2.75) is 0 Å². The van der Waals surface area contributed by atoms with E-state index in [0.717, 1.165) is 64.4 Å². The maximum absolute atomic E-state index is 9.21. The summed E-state index contributed by atoms with van der Waals surface area (Å²) in [5, 5.41) is 4.58. The minimum absolute atomic E-state index is 0.0472. The summed E-state index contributed by atoms with van der Waals surface area (Å²) in [6, 6.07) is 47.4. The Morgan fingerprint density at radius 1 is 0.463 bits per heavy atom. The zero-order valence-corrected chi connectivity index (χ0v) is 35.9. The molecule has 0 aliphatic carbocycles. The van der Waals surface area contributed by atoms with Crippen LogP contribution in [-0.4, -0.2) is 29.5 Å². The Morgan fingerprint density at radius 3 is 2.10 bits per heavy atom. The molecule has 9 aromatic carbocycles. The van der Waals surface area contributed by atoms with Gasteiger partial charge in [-0.15, -0.1) is 11.3 Å². The maximum atomic E-state index is 9.21. The maximum Gasteiger partial charge on any atom is 0.166 e. The summed E-state index contributed by atoms with van der Waals surface area (Å²) < 4.78 is 72.6. The summed E-state index contributed by atoms with van der Waals surface area (Å²) in [5.74, 6) is 0.904. The van der Waals surface area contributed by atoms with Gasteiger partial charge in [-0.2, -0.15) is 0 Å².